The van der Waals surface area contributed by atoms with Gasteiger partial charge in [0.2, 0.25) is 5.95 Å². The van der Waals surface area contributed by atoms with E-state index in [1.54, 1.807) is 0 Å². The molecule has 0 bridgehead atoms. The van der Waals surface area contributed by atoms with Gasteiger partial charge in [-0.25, -0.2) is 9.97 Å². The molecule has 30 heavy (non-hydrogen) atoms. The summed E-state index contributed by atoms with van der Waals surface area (Å²) in [5.74, 6) is 0.871. The minimum Gasteiger partial charge on any atom is -0.353 e. The molecule has 7 heteroatoms. The topological polar surface area (TPSA) is 84.9 Å². The maximum atomic E-state index is 5.70. The molecule has 0 radical (unpaired) electrons. The van der Waals surface area contributed by atoms with Crippen molar-refractivity contribution in [3.8, 4) is 0 Å². The Kier molecular flexibility index (Phi) is 5.29. The van der Waals surface area contributed by atoms with Gasteiger partial charge in [-0.05, 0) is 37.1 Å². The number of benzene rings is 1. The maximum absolute atomic E-state index is 5.70. The molecule has 0 aliphatic carbocycles. The van der Waals surface area contributed by atoms with Crippen molar-refractivity contribution in [1.82, 2.24) is 24.4 Å². The summed E-state index contributed by atoms with van der Waals surface area (Å²) in [6.45, 7) is 4.47. The van der Waals surface area contributed by atoms with Crippen LogP contribution in [-0.4, -0.2) is 56.6 Å². The summed E-state index contributed by atoms with van der Waals surface area (Å²) in [5.41, 5.74) is 9.50. The Balaban J connectivity index is 1.42. The number of hydrogen-bond acceptors (Lipinski definition) is 6. The zero-order valence-electron chi connectivity index (χ0n) is 17.0. The average Bonchev–Trinajstić information content (AvgIpc) is 3.12. The summed E-state index contributed by atoms with van der Waals surface area (Å²) in [4.78, 5) is 16.7. The molecule has 1 aromatic carbocycles. The number of nitrogens with one attached hydrogen (secondary N) is 1. The number of anilines is 1. The zero-order valence-corrected chi connectivity index (χ0v) is 17.0. The molecule has 5 rings (SSSR count). The van der Waals surface area contributed by atoms with Crippen LogP contribution in [0.1, 0.15) is 18.5 Å². The normalized spacial score (nSPS) is 15.8. The minimum atomic E-state index is 0.402. The predicted octanol–water partition coefficient (Wildman–Crippen LogP) is 2.86. The van der Waals surface area contributed by atoms with E-state index < -0.39 is 0 Å². The second-order valence-corrected chi connectivity index (χ2v) is 7.91. The predicted molar refractivity (Wildman–Crippen MR) is 121 cm³/mol. The Bertz CT molecular complexity index is 1140. The fourth-order valence-electron chi connectivity index (χ4n) is 4.24. The van der Waals surface area contributed by atoms with E-state index in [1.165, 1.54) is 0 Å². The third-order valence-electron chi connectivity index (χ3n) is 5.85. The number of rotatable bonds is 6. The van der Waals surface area contributed by atoms with Crippen molar-refractivity contribution in [3.63, 3.8) is 0 Å². The van der Waals surface area contributed by atoms with Gasteiger partial charge in [-0.1, -0.05) is 24.3 Å². The molecule has 3 aromatic heterocycles. The van der Waals surface area contributed by atoms with Gasteiger partial charge in [0.05, 0.1) is 17.8 Å². The highest BCUT2D eigenvalue weighted by atomic mass is 15.3. The summed E-state index contributed by atoms with van der Waals surface area (Å²) < 4.78 is 2.15. The van der Waals surface area contributed by atoms with Gasteiger partial charge in [0, 0.05) is 43.8 Å². The number of aromatic nitrogens is 4. The summed E-state index contributed by atoms with van der Waals surface area (Å²) in [6, 6.07) is 16.8. The first kappa shape index (κ1) is 19.0. The van der Waals surface area contributed by atoms with E-state index in [2.05, 4.69) is 44.0 Å². The van der Waals surface area contributed by atoms with E-state index in [-0.39, 0.29) is 0 Å². The fraction of sp³-hybridized carbons (Fsp3) is 0.348. The van der Waals surface area contributed by atoms with Gasteiger partial charge in [-0.15, -0.1) is 0 Å². The Hall–Kier alpha value is -3.03. The quantitative estimate of drug-likeness (QED) is 0.517. The summed E-state index contributed by atoms with van der Waals surface area (Å²) in [6.07, 6.45) is 4.00. The second kappa shape index (κ2) is 8.38. The lowest BCUT2D eigenvalue weighted by Crippen LogP contribution is -2.41. The van der Waals surface area contributed by atoms with E-state index in [9.17, 15) is 0 Å². The lowest BCUT2D eigenvalue weighted by atomic mass is 10.1. The monoisotopic (exact) mass is 401 g/mol. The number of nitrogens with zero attached hydrogens (tertiary/aromatic N) is 5. The molecule has 1 fully saturated rings. The number of fused-ring (bicyclic) bond motifs is 2. The smallest absolute Gasteiger partial charge is 0.205 e. The van der Waals surface area contributed by atoms with Crippen LogP contribution in [0.15, 0.2) is 54.7 Å². The first-order chi connectivity index (χ1) is 14.8. The lowest BCUT2D eigenvalue weighted by molar-refractivity contribution is 0.224. The largest absolute Gasteiger partial charge is 0.353 e. The number of likely N-dealkylation sites (tertiary alicyclic amines) is 1. The van der Waals surface area contributed by atoms with Crippen molar-refractivity contribution in [2.45, 2.75) is 25.4 Å². The Morgan fingerprint density at radius 3 is 2.67 bits per heavy atom. The van der Waals surface area contributed by atoms with Crippen LogP contribution >= 0.6 is 0 Å². The van der Waals surface area contributed by atoms with Crippen molar-refractivity contribution < 1.29 is 0 Å². The number of para-hydroxylation sites is 1. The van der Waals surface area contributed by atoms with E-state index >= 15 is 0 Å². The number of imidazole rings is 1. The Morgan fingerprint density at radius 1 is 0.967 bits per heavy atom. The van der Waals surface area contributed by atoms with Gasteiger partial charge in [-0.2, -0.15) is 0 Å². The molecule has 0 spiro atoms. The highest BCUT2D eigenvalue weighted by molar-refractivity contribution is 5.78. The second-order valence-electron chi connectivity index (χ2n) is 7.91. The van der Waals surface area contributed by atoms with E-state index in [0.29, 0.717) is 12.6 Å². The summed E-state index contributed by atoms with van der Waals surface area (Å²) in [5, 5.41) is 4.84. The highest BCUT2D eigenvalue weighted by Crippen LogP contribution is 2.23. The van der Waals surface area contributed by atoms with Crippen LogP contribution in [0.2, 0.25) is 0 Å². The molecule has 1 aliphatic rings. The van der Waals surface area contributed by atoms with E-state index in [0.717, 1.165) is 72.7 Å². The third kappa shape index (κ3) is 3.86. The molecule has 0 unspecified atom stereocenters. The first-order valence-electron chi connectivity index (χ1n) is 10.6. The van der Waals surface area contributed by atoms with Crippen molar-refractivity contribution in [3.05, 3.63) is 60.4 Å². The number of hydrogen-bond donors (Lipinski definition) is 2. The van der Waals surface area contributed by atoms with Gasteiger partial charge in [0.1, 0.15) is 5.52 Å². The Labute approximate surface area is 175 Å². The molecule has 7 nitrogen and oxygen atoms in total. The van der Waals surface area contributed by atoms with Gasteiger partial charge in [0.25, 0.3) is 0 Å². The number of piperidine rings is 1. The Morgan fingerprint density at radius 2 is 1.80 bits per heavy atom. The molecular formula is C23H27N7. The molecule has 0 saturated carbocycles. The molecule has 1 aliphatic heterocycles. The molecule has 3 N–H and O–H groups in total. The standard InChI is InChI=1S/C23H27N7/c24-11-15-29-13-9-18(10-14-29)27-23-28-21-6-3-12-25-22(21)30(23)16-19-8-7-17-4-1-2-5-20(17)26-19/h1-8,12,18H,9-11,13-16,24H2,(H,27,28). The molecule has 1 saturated heterocycles. The van der Waals surface area contributed by atoms with Crippen LogP contribution in [0.5, 0.6) is 0 Å². The van der Waals surface area contributed by atoms with Crippen LogP contribution in [0.25, 0.3) is 22.1 Å². The van der Waals surface area contributed by atoms with Crippen LogP contribution in [0, 0.1) is 0 Å². The zero-order chi connectivity index (χ0) is 20.3. The first-order valence-corrected chi connectivity index (χ1v) is 10.6. The molecule has 154 valence electrons. The third-order valence-corrected chi connectivity index (χ3v) is 5.85. The SMILES string of the molecule is NCCN1CCC(Nc2nc3cccnc3n2Cc2ccc3ccccc3n2)CC1. The van der Waals surface area contributed by atoms with E-state index in [1.807, 2.05) is 30.5 Å². The van der Waals surface area contributed by atoms with Gasteiger partial charge < -0.3 is 16.0 Å². The minimum absolute atomic E-state index is 0.402. The molecule has 4 aromatic rings. The molecular weight excluding hydrogens is 374 g/mol. The highest BCUT2D eigenvalue weighted by Gasteiger charge is 2.21. The molecule has 0 amide bonds. The van der Waals surface area contributed by atoms with Crippen LogP contribution < -0.4 is 11.1 Å². The number of pyridine rings is 2. The van der Waals surface area contributed by atoms with Crippen molar-refractivity contribution >= 4 is 28.0 Å². The van der Waals surface area contributed by atoms with E-state index in [4.69, 9.17) is 15.7 Å². The summed E-state index contributed by atoms with van der Waals surface area (Å²) in [7, 11) is 0. The average molecular weight is 402 g/mol. The van der Waals surface area contributed by atoms with Crippen LogP contribution in [-0.2, 0) is 6.54 Å². The van der Waals surface area contributed by atoms with Gasteiger partial charge >= 0.3 is 0 Å². The lowest BCUT2D eigenvalue weighted by Gasteiger charge is -2.32. The fourth-order valence-corrected chi connectivity index (χ4v) is 4.24. The van der Waals surface area contributed by atoms with Gasteiger partial charge in [0.15, 0.2) is 5.65 Å². The van der Waals surface area contributed by atoms with Crippen molar-refractivity contribution in [1.29, 1.82) is 0 Å². The van der Waals surface area contributed by atoms with Crippen molar-refractivity contribution in [2.24, 2.45) is 5.73 Å². The van der Waals surface area contributed by atoms with Gasteiger partial charge in [-0.3, -0.25) is 9.55 Å². The van der Waals surface area contributed by atoms with Crippen molar-refractivity contribution in [2.75, 3.05) is 31.5 Å². The number of nitrogens with two attached hydrogens (primary N) is 1. The summed E-state index contributed by atoms with van der Waals surface area (Å²) >= 11 is 0. The maximum Gasteiger partial charge on any atom is 0.205 e. The van der Waals surface area contributed by atoms with Crippen LogP contribution in [0.4, 0.5) is 5.95 Å². The van der Waals surface area contributed by atoms with Crippen LogP contribution in [0.3, 0.4) is 0 Å². The molecule has 4 heterocycles. The molecule has 0 atom stereocenters.